The summed E-state index contributed by atoms with van der Waals surface area (Å²) in [7, 11) is 1.93. The number of thiazole rings is 1. The van der Waals surface area contributed by atoms with Crippen molar-refractivity contribution >= 4 is 11.3 Å². The lowest BCUT2D eigenvalue weighted by Gasteiger charge is -2.05. The van der Waals surface area contributed by atoms with Gasteiger partial charge in [0.15, 0.2) is 0 Å². The van der Waals surface area contributed by atoms with Gasteiger partial charge in [-0.1, -0.05) is 20.8 Å². The lowest BCUT2D eigenvalue weighted by Crippen LogP contribution is -2.14. The van der Waals surface area contributed by atoms with Gasteiger partial charge in [0.1, 0.15) is 10.7 Å². The first-order chi connectivity index (χ1) is 9.11. The minimum atomic E-state index is 0.451. The maximum absolute atomic E-state index is 4.77. The van der Waals surface area contributed by atoms with Crippen LogP contribution in [0.15, 0.2) is 12.3 Å². The number of aromatic nitrogens is 3. The van der Waals surface area contributed by atoms with Crippen molar-refractivity contribution < 1.29 is 0 Å². The molecule has 0 aliphatic carbocycles. The third-order valence-electron chi connectivity index (χ3n) is 2.92. The van der Waals surface area contributed by atoms with Gasteiger partial charge in [-0.2, -0.15) is 5.10 Å². The Morgan fingerprint density at radius 2 is 2.21 bits per heavy atom. The average Bonchev–Trinajstić information content (AvgIpc) is 2.96. The first-order valence-electron chi connectivity index (χ1n) is 6.82. The van der Waals surface area contributed by atoms with E-state index in [2.05, 4.69) is 31.2 Å². The molecule has 19 heavy (non-hydrogen) atoms. The summed E-state index contributed by atoms with van der Waals surface area (Å²) in [5.74, 6) is 0.451. The van der Waals surface area contributed by atoms with Gasteiger partial charge >= 0.3 is 0 Å². The molecule has 0 fully saturated rings. The van der Waals surface area contributed by atoms with E-state index in [-0.39, 0.29) is 0 Å². The van der Waals surface area contributed by atoms with E-state index in [0.717, 1.165) is 30.2 Å². The van der Waals surface area contributed by atoms with Crippen molar-refractivity contribution in [1.29, 1.82) is 0 Å². The molecular weight excluding hydrogens is 256 g/mol. The van der Waals surface area contributed by atoms with Gasteiger partial charge in [0.2, 0.25) is 0 Å². The van der Waals surface area contributed by atoms with Crippen LogP contribution >= 0.6 is 11.3 Å². The lowest BCUT2D eigenvalue weighted by atomic mass is 10.1. The molecule has 2 rings (SSSR count). The molecule has 1 N–H and O–H groups in total. The van der Waals surface area contributed by atoms with Gasteiger partial charge in [-0.05, 0) is 24.9 Å². The lowest BCUT2D eigenvalue weighted by molar-refractivity contribution is 0.670. The highest BCUT2D eigenvalue weighted by molar-refractivity contribution is 7.15. The maximum atomic E-state index is 4.77. The Morgan fingerprint density at radius 1 is 1.42 bits per heavy atom. The molecule has 0 atom stereocenters. The zero-order valence-corrected chi connectivity index (χ0v) is 12.9. The summed E-state index contributed by atoms with van der Waals surface area (Å²) in [5, 5.41) is 8.92. The van der Waals surface area contributed by atoms with E-state index in [1.807, 2.05) is 24.0 Å². The van der Waals surface area contributed by atoms with Gasteiger partial charge < -0.3 is 5.32 Å². The molecular formula is C14H22N4S. The van der Waals surface area contributed by atoms with Gasteiger partial charge in [0.05, 0.1) is 5.69 Å². The minimum Gasteiger partial charge on any atom is -0.312 e. The van der Waals surface area contributed by atoms with E-state index >= 15 is 0 Å². The Labute approximate surface area is 118 Å². The molecule has 0 saturated heterocycles. The van der Waals surface area contributed by atoms with E-state index in [9.17, 15) is 0 Å². The second-order valence-corrected chi connectivity index (χ2v) is 6.12. The van der Waals surface area contributed by atoms with Crippen molar-refractivity contribution in [3.8, 4) is 10.7 Å². The van der Waals surface area contributed by atoms with Crippen LogP contribution in [0.25, 0.3) is 10.7 Å². The number of aryl methyl sites for hydroxylation is 1. The molecule has 2 aromatic rings. The van der Waals surface area contributed by atoms with Gasteiger partial charge in [0.25, 0.3) is 0 Å². The molecule has 0 spiro atoms. The van der Waals surface area contributed by atoms with Crippen LogP contribution in [0.2, 0.25) is 0 Å². The van der Waals surface area contributed by atoms with Crippen LogP contribution in [0, 0.1) is 0 Å². The molecule has 0 amide bonds. The van der Waals surface area contributed by atoms with Crippen LogP contribution in [0.1, 0.15) is 43.7 Å². The number of hydrogen-bond acceptors (Lipinski definition) is 4. The summed E-state index contributed by atoms with van der Waals surface area (Å²) < 4.78 is 1.82. The number of nitrogens with zero attached hydrogens (tertiary/aromatic N) is 3. The number of hydrogen-bond donors (Lipinski definition) is 1. The Bertz CT molecular complexity index is 527. The fraction of sp³-hybridized carbons (Fsp3) is 0.571. The van der Waals surface area contributed by atoms with Crippen molar-refractivity contribution in [2.24, 2.45) is 7.05 Å². The summed E-state index contributed by atoms with van der Waals surface area (Å²) in [6.07, 6.45) is 3.11. The van der Waals surface area contributed by atoms with Crippen molar-refractivity contribution in [3.05, 3.63) is 22.8 Å². The van der Waals surface area contributed by atoms with Crippen LogP contribution in [0.4, 0.5) is 0 Å². The molecule has 104 valence electrons. The molecule has 0 aliphatic heterocycles. The zero-order chi connectivity index (χ0) is 13.8. The van der Waals surface area contributed by atoms with Gasteiger partial charge in [-0.3, -0.25) is 4.68 Å². The van der Waals surface area contributed by atoms with E-state index in [0.29, 0.717) is 5.92 Å². The minimum absolute atomic E-state index is 0.451. The molecule has 5 heteroatoms. The summed E-state index contributed by atoms with van der Waals surface area (Å²) >= 11 is 1.76. The third kappa shape index (κ3) is 3.42. The molecule has 0 aromatic carbocycles. The highest BCUT2D eigenvalue weighted by Crippen LogP contribution is 2.30. The normalized spacial score (nSPS) is 11.4. The average molecular weight is 278 g/mol. The molecule has 0 bridgehead atoms. The fourth-order valence-electron chi connectivity index (χ4n) is 1.96. The summed E-state index contributed by atoms with van der Waals surface area (Å²) in [6, 6.07) is 2.02. The van der Waals surface area contributed by atoms with Gasteiger partial charge in [0, 0.05) is 24.7 Å². The van der Waals surface area contributed by atoms with Gasteiger partial charge in [-0.15, -0.1) is 11.3 Å². The van der Waals surface area contributed by atoms with Crippen molar-refractivity contribution in [3.63, 3.8) is 0 Å². The first-order valence-corrected chi connectivity index (χ1v) is 7.63. The first kappa shape index (κ1) is 14.2. The Morgan fingerprint density at radius 3 is 2.79 bits per heavy atom. The third-order valence-corrected chi connectivity index (χ3v) is 4.01. The largest absolute Gasteiger partial charge is 0.312 e. The van der Waals surface area contributed by atoms with Crippen molar-refractivity contribution in [1.82, 2.24) is 20.1 Å². The molecule has 2 aromatic heterocycles. The summed E-state index contributed by atoms with van der Waals surface area (Å²) in [4.78, 5) is 6.11. The second-order valence-electron chi connectivity index (χ2n) is 5.03. The quantitative estimate of drug-likeness (QED) is 0.825. The smallest absolute Gasteiger partial charge is 0.144 e. The van der Waals surface area contributed by atoms with E-state index < -0.39 is 0 Å². The van der Waals surface area contributed by atoms with Crippen LogP contribution < -0.4 is 5.32 Å². The van der Waals surface area contributed by atoms with Crippen LogP contribution in [-0.2, 0) is 13.6 Å². The molecule has 2 heterocycles. The highest BCUT2D eigenvalue weighted by Gasteiger charge is 2.16. The summed E-state index contributed by atoms with van der Waals surface area (Å²) in [5.41, 5.74) is 2.17. The van der Waals surface area contributed by atoms with E-state index in [1.54, 1.807) is 11.3 Å². The predicted octanol–water partition coefficient (Wildman–Crippen LogP) is 3.17. The van der Waals surface area contributed by atoms with Crippen molar-refractivity contribution in [2.45, 2.75) is 39.7 Å². The predicted molar refractivity (Wildman–Crippen MR) is 80.4 cm³/mol. The Hall–Kier alpha value is -1.20. The fourth-order valence-corrected chi connectivity index (χ4v) is 3.11. The topological polar surface area (TPSA) is 42.7 Å². The number of rotatable bonds is 6. The number of nitrogens with one attached hydrogen (secondary N) is 1. The van der Waals surface area contributed by atoms with Crippen LogP contribution in [0.5, 0.6) is 0 Å². The highest BCUT2D eigenvalue weighted by atomic mass is 32.1. The van der Waals surface area contributed by atoms with Gasteiger partial charge in [-0.25, -0.2) is 4.98 Å². The second kappa shape index (κ2) is 6.30. The van der Waals surface area contributed by atoms with Crippen LogP contribution in [-0.4, -0.2) is 21.3 Å². The Kier molecular flexibility index (Phi) is 4.71. The Balaban J connectivity index is 2.24. The van der Waals surface area contributed by atoms with Crippen LogP contribution in [0.3, 0.4) is 0 Å². The molecule has 0 saturated carbocycles. The monoisotopic (exact) mass is 278 g/mol. The zero-order valence-electron chi connectivity index (χ0n) is 12.1. The van der Waals surface area contributed by atoms with Crippen molar-refractivity contribution in [2.75, 3.05) is 6.54 Å². The molecule has 0 radical (unpaired) electrons. The molecule has 4 nitrogen and oxygen atoms in total. The molecule has 0 unspecified atom stereocenters. The molecule has 0 aliphatic rings. The van der Waals surface area contributed by atoms with E-state index in [4.69, 9.17) is 4.98 Å². The summed E-state index contributed by atoms with van der Waals surface area (Å²) in [6.45, 7) is 8.53. The SMILES string of the molecule is CCCNCc1sc(-c2ccn(C)n2)nc1C(C)C. The standard InChI is InChI=1S/C14H22N4S/c1-5-7-15-9-12-13(10(2)3)16-14(19-12)11-6-8-18(4)17-11/h6,8,10,15H,5,7,9H2,1-4H3. The maximum Gasteiger partial charge on any atom is 0.144 e. The van der Waals surface area contributed by atoms with E-state index in [1.165, 1.54) is 10.6 Å².